The monoisotopic (exact) mass is 619 g/mol. The van der Waals surface area contributed by atoms with Gasteiger partial charge in [0.2, 0.25) is 5.91 Å². The molecule has 1 heterocycles. The molecule has 13 heteroatoms. The molecule has 0 aliphatic rings. The Balaban J connectivity index is 1.61. The van der Waals surface area contributed by atoms with Crippen molar-refractivity contribution in [1.82, 2.24) is 15.3 Å². The third kappa shape index (κ3) is 7.21. The van der Waals surface area contributed by atoms with Crippen LogP contribution in [0.5, 0.6) is 5.75 Å². The Kier molecular flexibility index (Phi) is 8.84. The van der Waals surface area contributed by atoms with Crippen LogP contribution in [0, 0.1) is 5.41 Å². The number of ether oxygens (including phenoxy) is 1. The summed E-state index contributed by atoms with van der Waals surface area (Å²) < 4.78 is 41.5. The highest BCUT2D eigenvalue weighted by Crippen LogP contribution is 2.32. The number of rotatable bonds is 7. The molecule has 4 aromatic rings. The third-order valence-corrected chi connectivity index (χ3v) is 6.80. The standard InChI is InChI=1S/C29H26Cl2F3N5O3/c1-28(2,3)27(41)36-14-16-7-12-20(30)22(23(16)31)26(40)37-17-8-11-19-21(13-17)38-24(39-25(19)35-4)15-5-9-18(10-6-15)42-29(32,33)34/h5-13H,14H2,1-4H3,(H,36,41)(H,37,40)(H,35,38,39). The first-order valence-corrected chi connectivity index (χ1v) is 13.3. The smallest absolute Gasteiger partial charge is 0.406 e. The zero-order valence-electron chi connectivity index (χ0n) is 22.9. The highest BCUT2D eigenvalue weighted by Gasteiger charge is 2.31. The van der Waals surface area contributed by atoms with Crippen LogP contribution in [-0.4, -0.2) is 35.2 Å². The molecule has 0 bridgehead atoms. The van der Waals surface area contributed by atoms with E-state index in [0.717, 1.165) is 0 Å². The first kappa shape index (κ1) is 30.9. The van der Waals surface area contributed by atoms with Crippen molar-refractivity contribution in [2.45, 2.75) is 33.7 Å². The molecule has 2 amide bonds. The molecule has 0 aliphatic heterocycles. The second-order valence-corrected chi connectivity index (χ2v) is 11.0. The lowest BCUT2D eigenvalue weighted by molar-refractivity contribution is -0.274. The summed E-state index contributed by atoms with van der Waals surface area (Å²) in [4.78, 5) is 34.6. The van der Waals surface area contributed by atoms with Gasteiger partial charge in [-0.3, -0.25) is 9.59 Å². The number of nitrogens with zero attached hydrogens (tertiary/aromatic N) is 2. The number of carbonyl (C=O) groups is 2. The largest absolute Gasteiger partial charge is 0.573 e. The van der Waals surface area contributed by atoms with Crippen molar-refractivity contribution in [1.29, 1.82) is 0 Å². The fourth-order valence-corrected chi connectivity index (χ4v) is 4.52. The second-order valence-electron chi connectivity index (χ2n) is 10.2. The maximum atomic E-state index is 13.3. The number of anilines is 2. The van der Waals surface area contributed by atoms with E-state index < -0.39 is 17.7 Å². The summed E-state index contributed by atoms with van der Waals surface area (Å²) in [7, 11) is 1.67. The maximum Gasteiger partial charge on any atom is 0.573 e. The van der Waals surface area contributed by atoms with Gasteiger partial charge in [0.25, 0.3) is 5.91 Å². The van der Waals surface area contributed by atoms with Crippen LogP contribution in [0.2, 0.25) is 10.0 Å². The van der Waals surface area contributed by atoms with Gasteiger partial charge in [-0.1, -0.05) is 50.0 Å². The van der Waals surface area contributed by atoms with Gasteiger partial charge < -0.3 is 20.7 Å². The van der Waals surface area contributed by atoms with Crippen LogP contribution in [0.25, 0.3) is 22.3 Å². The minimum atomic E-state index is -4.81. The average Bonchev–Trinajstić information content (AvgIpc) is 2.90. The minimum Gasteiger partial charge on any atom is -0.406 e. The van der Waals surface area contributed by atoms with Gasteiger partial charge in [-0.25, -0.2) is 9.97 Å². The van der Waals surface area contributed by atoms with E-state index in [2.05, 4.69) is 30.7 Å². The van der Waals surface area contributed by atoms with Crippen LogP contribution in [-0.2, 0) is 11.3 Å². The predicted octanol–water partition coefficient (Wildman–Crippen LogP) is 7.46. The molecule has 0 fully saturated rings. The van der Waals surface area contributed by atoms with Gasteiger partial charge >= 0.3 is 6.36 Å². The molecule has 3 aromatic carbocycles. The summed E-state index contributed by atoms with van der Waals surface area (Å²) in [6.45, 7) is 5.46. The quantitative estimate of drug-likeness (QED) is 0.198. The Morgan fingerprint density at radius 2 is 1.64 bits per heavy atom. The Labute approximate surface area is 249 Å². The van der Waals surface area contributed by atoms with Crippen LogP contribution in [0.3, 0.4) is 0 Å². The molecule has 220 valence electrons. The number of fused-ring (bicyclic) bond motifs is 1. The van der Waals surface area contributed by atoms with E-state index in [0.29, 0.717) is 33.5 Å². The van der Waals surface area contributed by atoms with Crippen molar-refractivity contribution < 1.29 is 27.5 Å². The highest BCUT2D eigenvalue weighted by atomic mass is 35.5. The Morgan fingerprint density at radius 1 is 0.952 bits per heavy atom. The summed E-state index contributed by atoms with van der Waals surface area (Å²) in [6.07, 6.45) is -4.81. The fraction of sp³-hybridized carbons (Fsp3) is 0.241. The Morgan fingerprint density at radius 3 is 2.26 bits per heavy atom. The van der Waals surface area contributed by atoms with Crippen LogP contribution in [0.4, 0.5) is 24.7 Å². The van der Waals surface area contributed by atoms with Crippen LogP contribution in [0.1, 0.15) is 36.7 Å². The van der Waals surface area contributed by atoms with Gasteiger partial charge in [0.05, 0.1) is 21.1 Å². The molecule has 3 N–H and O–H groups in total. The van der Waals surface area contributed by atoms with E-state index in [1.807, 2.05) is 0 Å². The molecule has 0 aliphatic carbocycles. The van der Waals surface area contributed by atoms with Crippen molar-refractivity contribution >= 4 is 57.4 Å². The lowest BCUT2D eigenvalue weighted by atomic mass is 9.95. The number of aromatic nitrogens is 2. The Hall–Kier alpha value is -4.09. The van der Waals surface area contributed by atoms with Gasteiger partial charge in [0, 0.05) is 35.6 Å². The number of carbonyl (C=O) groups excluding carboxylic acids is 2. The molecular weight excluding hydrogens is 594 g/mol. The lowest BCUT2D eigenvalue weighted by Crippen LogP contribution is -2.34. The average molecular weight is 620 g/mol. The Bertz CT molecular complexity index is 1660. The van der Waals surface area contributed by atoms with E-state index in [4.69, 9.17) is 23.2 Å². The molecule has 8 nitrogen and oxygen atoms in total. The van der Waals surface area contributed by atoms with Crippen molar-refractivity contribution in [2.24, 2.45) is 5.41 Å². The van der Waals surface area contributed by atoms with E-state index in [1.165, 1.54) is 30.3 Å². The van der Waals surface area contributed by atoms with Crippen LogP contribution < -0.4 is 20.7 Å². The number of amides is 2. The molecular formula is C29H26Cl2F3N5O3. The number of alkyl halides is 3. The molecule has 0 saturated heterocycles. The van der Waals surface area contributed by atoms with Crippen molar-refractivity contribution in [3.63, 3.8) is 0 Å². The summed E-state index contributed by atoms with van der Waals surface area (Å²) in [5.74, 6) is -0.409. The molecule has 1 aromatic heterocycles. The zero-order chi connectivity index (χ0) is 30.8. The molecule has 4 rings (SSSR count). The molecule has 0 atom stereocenters. The summed E-state index contributed by atoms with van der Waals surface area (Å²) in [6, 6.07) is 13.3. The normalized spacial score (nSPS) is 11.7. The SMILES string of the molecule is CNc1nc(-c2ccc(OC(F)(F)F)cc2)nc2cc(NC(=O)c3c(Cl)ccc(CNC(=O)C(C)(C)C)c3Cl)ccc12. The number of hydrogen-bond acceptors (Lipinski definition) is 6. The second kappa shape index (κ2) is 12.0. The zero-order valence-corrected chi connectivity index (χ0v) is 24.4. The van der Waals surface area contributed by atoms with Crippen LogP contribution in [0.15, 0.2) is 54.6 Å². The van der Waals surface area contributed by atoms with Gasteiger partial charge in [-0.05, 0) is 54.1 Å². The minimum absolute atomic E-state index is 0.0430. The van der Waals surface area contributed by atoms with Gasteiger partial charge in [0.15, 0.2) is 5.82 Å². The van der Waals surface area contributed by atoms with E-state index in [-0.39, 0.29) is 39.6 Å². The summed E-state index contributed by atoms with van der Waals surface area (Å²) in [5.41, 5.74) is 1.24. The number of hydrogen-bond donors (Lipinski definition) is 3. The molecule has 42 heavy (non-hydrogen) atoms. The van der Waals surface area contributed by atoms with Crippen molar-refractivity contribution in [2.75, 3.05) is 17.7 Å². The van der Waals surface area contributed by atoms with Gasteiger partial charge in [-0.15, -0.1) is 13.2 Å². The van der Waals surface area contributed by atoms with Crippen molar-refractivity contribution in [3.8, 4) is 17.1 Å². The third-order valence-electron chi connectivity index (χ3n) is 6.06. The molecule has 0 spiro atoms. The van der Waals surface area contributed by atoms with E-state index in [1.54, 1.807) is 52.1 Å². The lowest BCUT2D eigenvalue weighted by Gasteiger charge is -2.18. The van der Waals surface area contributed by atoms with Gasteiger partial charge in [-0.2, -0.15) is 0 Å². The first-order chi connectivity index (χ1) is 19.7. The molecule has 0 radical (unpaired) electrons. The maximum absolute atomic E-state index is 13.3. The molecule has 0 unspecified atom stereocenters. The topological polar surface area (TPSA) is 105 Å². The molecule has 0 saturated carbocycles. The van der Waals surface area contributed by atoms with Crippen molar-refractivity contribution in [3.05, 3.63) is 75.8 Å². The van der Waals surface area contributed by atoms with E-state index in [9.17, 15) is 22.8 Å². The van der Waals surface area contributed by atoms with Gasteiger partial charge in [0.1, 0.15) is 11.6 Å². The number of halogens is 5. The fourth-order valence-electron chi connectivity index (χ4n) is 3.91. The number of nitrogens with one attached hydrogen (secondary N) is 3. The van der Waals surface area contributed by atoms with Crippen LogP contribution >= 0.6 is 23.2 Å². The highest BCUT2D eigenvalue weighted by molar-refractivity contribution is 6.40. The summed E-state index contributed by atoms with van der Waals surface area (Å²) in [5, 5.41) is 9.44. The number of benzene rings is 3. The summed E-state index contributed by atoms with van der Waals surface area (Å²) >= 11 is 12.9. The predicted molar refractivity (Wildman–Crippen MR) is 157 cm³/mol. The van der Waals surface area contributed by atoms with E-state index >= 15 is 0 Å². The first-order valence-electron chi connectivity index (χ1n) is 12.6.